The quantitative estimate of drug-likeness (QED) is 0.549. The van der Waals surface area contributed by atoms with Crippen molar-refractivity contribution in [2.75, 3.05) is 49.3 Å². The Bertz CT molecular complexity index is 1090. The summed E-state index contributed by atoms with van der Waals surface area (Å²) in [4.78, 5) is 25.3. The van der Waals surface area contributed by atoms with E-state index < -0.39 is 0 Å². The topological polar surface area (TPSA) is 96.6 Å². The molecule has 0 fully saturated rings. The van der Waals surface area contributed by atoms with E-state index in [1.807, 2.05) is 61.5 Å². The number of ether oxygens (including phenoxy) is 1. The van der Waals surface area contributed by atoms with Gasteiger partial charge in [-0.15, -0.1) is 0 Å². The van der Waals surface area contributed by atoms with Crippen LogP contribution in [0.3, 0.4) is 0 Å². The number of nitrogens with two attached hydrogens (primary N) is 1. The maximum atomic E-state index is 13.3. The number of aromatic nitrogens is 2. The Morgan fingerprint density at radius 1 is 1.15 bits per heavy atom. The Labute approximate surface area is 194 Å². The van der Waals surface area contributed by atoms with E-state index in [4.69, 9.17) is 10.5 Å². The van der Waals surface area contributed by atoms with Crippen LogP contribution in [0.4, 0.5) is 17.5 Å². The van der Waals surface area contributed by atoms with Crippen LogP contribution in [0.25, 0.3) is 0 Å². The molecule has 1 amide bonds. The minimum Gasteiger partial charge on any atom is -0.369 e. The van der Waals surface area contributed by atoms with Crippen LogP contribution >= 0.6 is 0 Å². The van der Waals surface area contributed by atoms with Gasteiger partial charge < -0.3 is 25.6 Å². The lowest BCUT2D eigenvalue weighted by atomic mass is 10.1. The minimum absolute atomic E-state index is 0.00902. The lowest BCUT2D eigenvalue weighted by Crippen LogP contribution is -2.33. The van der Waals surface area contributed by atoms with Gasteiger partial charge in [-0.2, -0.15) is 4.98 Å². The van der Waals surface area contributed by atoms with Crippen molar-refractivity contribution in [1.29, 1.82) is 0 Å². The van der Waals surface area contributed by atoms with Crippen LogP contribution in [0.1, 0.15) is 34.0 Å². The van der Waals surface area contributed by atoms with Crippen molar-refractivity contribution in [3.05, 3.63) is 77.5 Å². The number of carbonyl (C=O) groups excluding carboxylic acids is 1. The number of nitrogen functional groups attached to an aromatic ring is 1. The highest BCUT2D eigenvalue weighted by Crippen LogP contribution is 2.27. The SMILES string of the molecule is CNCC[C@H](OCc1cccc(N2CCN(C)c3nc(N)ncc3C2=O)c1)c1ccccc1. The van der Waals surface area contributed by atoms with Crippen molar-refractivity contribution < 1.29 is 9.53 Å². The summed E-state index contributed by atoms with van der Waals surface area (Å²) in [6, 6.07) is 18.2. The molecular formula is C25H30N6O2. The summed E-state index contributed by atoms with van der Waals surface area (Å²) in [5.41, 5.74) is 9.18. The summed E-state index contributed by atoms with van der Waals surface area (Å²) < 4.78 is 6.31. The van der Waals surface area contributed by atoms with Crippen molar-refractivity contribution in [1.82, 2.24) is 15.3 Å². The number of nitrogens with zero attached hydrogens (tertiary/aromatic N) is 4. The summed E-state index contributed by atoms with van der Waals surface area (Å²) in [7, 11) is 3.85. The maximum Gasteiger partial charge on any atom is 0.263 e. The van der Waals surface area contributed by atoms with Gasteiger partial charge in [0.1, 0.15) is 11.4 Å². The molecule has 2 aromatic carbocycles. The number of benzene rings is 2. The second kappa shape index (κ2) is 10.4. The molecule has 33 heavy (non-hydrogen) atoms. The molecule has 8 nitrogen and oxygen atoms in total. The lowest BCUT2D eigenvalue weighted by Gasteiger charge is -2.22. The van der Waals surface area contributed by atoms with Gasteiger partial charge >= 0.3 is 0 Å². The van der Waals surface area contributed by atoms with Crippen LogP contribution in [-0.4, -0.2) is 49.6 Å². The molecule has 8 heteroatoms. The van der Waals surface area contributed by atoms with E-state index in [2.05, 4.69) is 27.4 Å². The summed E-state index contributed by atoms with van der Waals surface area (Å²) in [6.07, 6.45) is 2.37. The van der Waals surface area contributed by atoms with Crippen LogP contribution in [0.15, 0.2) is 60.8 Å². The molecular weight excluding hydrogens is 416 g/mol. The van der Waals surface area contributed by atoms with Crippen LogP contribution < -0.4 is 20.9 Å². The number of carbonyl (C=O) groups is 1. The summed E-state index contributed by atoms with van der Waals surface area (Å²) in [5.74, 6) is 0.584. The first-order valence-electron chi connectivity index (χ1n) is 11.1. The van der Waals surface area contributed by atoms with Crippen molar-refractivity contribution >= 4 is 23.4 Å². The molecule has 1 atom stereocenters. The zero-order valence-electron chi connectivity index (χ0n) is 19.1. The second-order valence-electron chi connectivity index (χ2n) is 8.12. The molecule has 1 aliphatic rings. The summed E-state index contributed by atoms with van der Waals surface area (Å²) in [5, 5.41) is 3.20. The van der Waals surface area contributed by atoms with E-state index in [-0.39, 0.29) is 18.0 Å². The zero-order valence-corrected chi connectivity index (χ0v) is 19.1. The number of hydrogen-bond acceptors (Lipinski definition) is 7. The van der Waals surface area contributed by atoms with Crippen LogP contribution in [0.5, 0.6) is 0 Å². The maximum absolute atomic E-state index is 13.3. The van der Waals surface area contributed by atoms with E-state index >= 15 is 0 Å². The molecule has 0 radical (unpaired) electrons. The normalized spacial score (nSPS) is 14.7. The van der Waals surface area contributed by atoms with Crippen molar-refractivity contribution in [3.63, 3.8) is 0 Å². The number of likely N-dealkylation sites (N-methyl/N-ethyl adjacent to an activating group) is 1. The van der Waals surface area contributed by atoms with Gasteiger partial charge in [-0.25, -0.2) is 4.98 Å². The molecule has 1 aromatic heterocycles. The molecule has 0 unspecified atom stereocenters. The van der Waals surface area contributed by atoms with E-state index in [0.717, 1.165) is 29.8 Å². The Morgan fingerprint density at radius 2 is 1.97 bits per heavy atom. The van der Waals surface area contributed by atoms with Gasteiger partial charge in [0.15, 0.2) is 0 Å². The third kappa shape index (κ3) is 5.30. The molecule has 1 aliphatic heterocycles. The fourth-order valence-corrected chi connectivity index (χ4v) is 3.98. The monoisotopic (exact) mass is 446 g/mol. The predicted octanol–water partition coefficient (Wildman–Crippen LogP) is 3.02. The Balaban J connectivity index is 1.52. The molecule has 4 rings (SSSR count). The number of anilines is 3. The summed E-state index contributed by atoms with van der Waals surface area (Å²) in [6.45, 7) is 2.48. The molecule has 0 spiro atoms. The lowest BCUT2D eigenvalue weighted by molar-refractivity contribution is 0.0344. The van der Waals surface area contributed by atoms with Gasteiger partial charge in [-0.1, -0.05) is 42.5 Å². The molecule has 0 saturated carbocycles. The number of hydrogen-bond donors (Lipinski definition) is 2. The van der Waals surface area contributed by atoms with Crippen molar-refractivity contribution in [3.8, 4) is 0 Å². The number of nitrogens with one attached hydrogen (secondary N) is 1. The van der Waals surface area contributed by atoms with Gasteiger partial charge in [0, 0.05) is 32.0 Å². The first-order valence-corrected chi connectivity index (χ1v) is 11.1. The Morgan fingerprint density at radius 3 is 2.76 bits per heavy atom. The second-order valence-corrected chi connectivity index (χ2v) is 8.12. The fourth-order valence-electron chi connectivity index (χ4n) is 3.98. The largest absolute Gasteiger partial charge is 0.369 e. The number of amides is 1. The molecule has 0 bridgehead atoms. The van der Waals surface area contributed by atoms with Gasteiger partial charge in [0.2, 0.25) is 5.95 Å². The first-order chi connectivity index (χ1) is 16.1. The average Bonchev–Trinajstić information content (AvgIpc) is 2.96. The third-order valence-electron chi connectivity index (χ3n) is 5.78. The molecule has 0 aliphatic carbocycles. The third-order valence-corrected chi connectivity index (χ3v) is 5.78. The molecule has 172 valence electrons. The van der Waals surface area contributed by atoms with E-state index in [9.17, 15) is 4.79 Å². The predicted molar refractivity (Wildman–Crippen MR) is 130 cm³/mol. The molecule has 2 heterocycles. The zero-order chi connectivity index (χ0) is 23.2. The highest BCUT2D eigenvalue weighted by Gasteiger charge is 2.28. The van der Waals surface area contributed by atoms with Gasteiger partial charge in [0.25, 0.3) is 5.91 Å². The van der Waals surface area contributed by atoms with E-state index in [1.165, 1.54) is 6.20 Å². The van der Waals surface area contributed by atoms with Crippen molar-refractivity contribution in [2.45, 2.75) is 19.1 Å². The molecule has 0 saturated heterocycles. The van der Waals surface area contributed by atoms with Crippen molar-refractivity contribution in [2.24, 2.45) is 0 Å². The first kappa shape index (κ1) is 22.7. The highest BCUT2D eigenvalue weighted by atomic mass is 16.5. The average molecular weight is 447 g/mol. The standard InChI is InChI=1S/C25H30N6O2/c1-27-12-11-22(19-8-4-3-5-9-19)33-17-18-7-6-10-20(15-18)31-14-13-30(2)23-21(24(31)32)16-28-25(26)29-23/h3-10,15-16,22,27H,11-14,17H2,1-2H3,(H2,26,28,29)/t22-/m0/s1. The van der Waals surface area contributed by atoms with E-state index in [0.29, 0.717) is 31.1 Å². The Kier molecular flexibility index (Phi) is 7.16. The van der Waals surface area contributed by atoms with Crippen LogP contribution in [-0.2, 0) is 11.3 Å². The van der Waals surface area contributed by atoms with Crippen LogP contribution in [0.2, 0.25) is 0 Å². The van der Waals surface area contributed by atoms with Gasteiger partial charge in [-0.3, -0.25) is 4.79 Å². The number of rotatable bonds is 8. The molecule has 3 aromatic rings. The molecule has 3 N–H and O–H groups in total. The fraction of sp³-hybridized carbons (Fsp3) is 0.320. The highest BCUT2D eigenvalue weighted by molar-refractivity contribution is 6.09. The smallest absolute Gasteiger partial charge is 0.263 e. The van der Waals surface area contributed by atoms with Crippen LogP contribution in [0, 0.1) is 0 Å². The number of fused-ring (bicyclic) bond motifs is 1. The minimum atomic E-state index is -0.136. The van der Waals surface area contributed by atoms with E-state index in [1.54, 1.807) is 4.90 Å². The summed E-state index contributed by atoms with van der Waals surface area (Å²) >= 11 is 0. The Hall–Kier alpha value is -3.49. The van der Waals surface area contributed by atoms with Gasteiger partial charge in [-0.05, 0) is 43.3 Å². The van der Waals surface area contributed by atoms with Gasteiger partial charge in [0.05, 0.1) is 12.7 Å².